The van der Waals surface area contributed by atoms with Crippen molar-refractivity contribution in [2.24, 2.45) is 11.8 Å². The van der Waals surface area contributed by atoms with E-state index in [-0.39, 0.29) is 22.6 Å². The van der Waals surface area contributed by atoms with Gasteiger partial charge in [0.25, 0.3) is 5.69 Å². The Morgan fingerprint density at radius 1 is 0.974 bits per heavy atom. The van der Waals surface area contributed by atoms with Crippen LogP contribution in [0.15, 0.2) is 66.7 Å². The lowest BCUT2D eigenvalue weighted by Gasteiger charge is -2.39. The maximum atomic E-state index is 12.9. The Kier molecular flexibility index (Phi) is 8.41. The van der Waals surface area contributed by atoms with Gasteiger partial charge >= 0.3 is 0 Å². The van der Waals surface area contributed by atoms with Crippen LogP contribution in [0.25, 0.3) is 11.3 Å². The van der Waals surface area contributed by atoms with Gasteiger partial charge in [-0.3, -0.25) is 14.9 Å². The minimum absolute atomic E-state index is 0.135. The van der Waals surface area contributed by atoms with Crippen molar-refractivity contribution in [3.05, 3.63) is 82.5 Å². The van der Waals surface area contributed by atoms with Crippen molar-refractivity contribution >= 4 is 17.3 Å². The van der Waals surface area contributed by atoms with E-state index in [0.29, 0.717) is 24.7 Å². The molecule has 3 aromatic rings. The molecule has 0 bridgehead atoms. The first kappa shape index (κ1) is 26.0. The summed E-state index contributed by atoms with van der Waals surface area (Å²) in [6.45, 7) is 1.97. The summed E-state index contributed by atoms with van der Waals surface area (Å²) in [4.78, 5) is 29.4. The van der Waals surface area contributed by atoms with Gasteiger partial charge in [0.1, 0.15) is 0 Å². The van der Waals surface area contributed by atoms with Gasteiger partial charge in [0.05, 0.1) is 4.92 Å². The zero-order valence-corrected chi connectivity index (χ0v) is 22.0. The van der Waals surface area contributed by atoms with Crippen LogP contribution in [-0.2, 0) is 11.2 Å². The number of hydrogen-bond donors (Lipinski definition) is 2. The number of aromatic amines is 1. The lowest BCUT2D eigenvalue weighted by molar-refractivity contribution is -0.384. The van der Waals surface area contributed by atoms with Crippen molar-refractivity contribution in [1.82, 2.24) is 10.3 Å². The third-order valence-electron chi connectivity index (χ3n) is 8.29. The molecule has 1 aliphatic carbocycles. The van der Waals surface area contributed by atoms with E-state index in [1.54, 1.807) is 12.1 Å². The second-order valence-electron chi connectivity index (χ2n) is 10.9. The number of carbonyl (C=O) groups excluding carboxylic acids is 1. The molecule has 38 heavy (non-hydrogen) atoms. The molecule has 1 aromatic heterocycles. The van der Waals surface area contributed by atoms with Gasteiger partial charge < -0.3 is 15.2 Å². The van der Waals surface area contributed by atoms with E-state index in [4.69, 9.17) is 0 Å². The number of nitro groups is 1. The summed E-state index contributed by atoms with van der Waals surface area (Å²) in [5, 5.41) is 14.4. The van der Waals surface area contributed by atoms with E-state index in [1.165, 1.54) is 25.7 Å². The first-order valence-electron chi connectivity index (χ1n) is 14.1. The molecule has 7 nitrogen and oxygen atoms in total. The van der Waals surface area contributed by atoms with Gasteiger partial charge in [-0.1, -0.05) is 43.2 Å². The molecule has 2 aliphatic rings. The number of piperidine rings is 1. The van der Waals surface area contributed by atoms with Crippen molar-refractivity contribution in [1.29, 1.82) is 0 Å². The zero-order valence-electron chi connectivity index (χ0n) is 22.0. The lowest BCUT2D eigenvalue weighted by atomic mass is 9.77. The SMILES string of the molecule is O=C(CCc1ccc(-c2ccccc2)[nH]1)N[C@@H]1CCCC[C@H]1C[C@H]1CCCN(c2ccc([N+](=O)[O-])cc2)C1. The zero-order chi connectivity index (χ0) is 26.3. The molecule has 2 aromatic carbocycles. The average Bonchev–Trinajstić information content (AvgIpc) is 3.43. The van der Waals surface area contributed by atoms with Crippen LogP contribution in [0.2, 0.25) is 0 Å². The number of rotatable bonds is 9. The van der Waals surface area contributed by atoms with Gasteiger partial charge in [0, 0.05) is 54.8 Å². The number of aromatic nitrogens is 1. The van der Waals surface area contributed by atoms with E-state index >= 15 is 0 Å². The molecule has 1 saturated heterocycles. The molecular weight excluding hydrogens is 476 g/mol. The number of carbonyl (C=O) groups is 1. The minimum Gasteiger partial charge on any atom is -0.371 e. The standard InChI is InChI=1S/C31H38N4O3/c36-31(19-13-26-12-18-30(32-26)24-8-2-1-3-9-24)33-29-11-5-4-10-25(29)21-23-7-6-20-34(22-23)27-14-16-28(17-15-27)35(37)38/h1-3,8-9,12,14-18,23,25,29,32H,4-7,10-11,13,19-22H2,(H,33,36)/t23-,25+,29-/m1/s1. The van der Waals surface area contributed by atoms with E-state index in [9.17, 15) is 14.9 Å². The Morgan fingerprint density at radius 3 is 2.55 bits per heavy atom. The average molecular weight is 515 g/mol. The summed E-state index contributed by atoms with van der Waals surface area (Å²) < 4.78 is 0. The van der Waals surface area contributed by atoms with Gasteiger partial charge in [0.15, 0.2) is 0 Å². The number of benzene rings is 2. The summed E-state index contributed by atoms with van der Waals surface area (Å²) in [7, 11) is 0. The van der Waals surface area contributed by atoms with Crippen molar-refractivity contribution in [3.63, 3.8) is 0 Å². The highest BCUT2D eigenvalue weighted by Gasteiger charge is 2.30. The van der Waals surface area contributed by atoms with Crippen molar-refractivity contribution in [2.45, 2.75) is 63.8 Å². The Morgan fingerprint density at radius 2 is 1.76 bits per heavy atom. The third-order valence-corrected chi connectivity index (χ3v) is 8.29. The molecule has 2 fully saturated rings. The summed E-state index contributed by atoms with van der Waals surface area (Å²) in [5.41, 5.74) is 4.53. The van der Waals surface area contributed by atoms with Gasteiger partial charge in [-0.15, -0.1) is 0 Å². The lowest BCUT2D eigenvalue weighted by Crippen LogP contribution is -2.44. The number of nitrogens with one attached hydrogen (secondary N) is 2. The van der Waals surface area contributed by atoms with Gasteiger partial charge in [0.2, 0.25) is 5.91 Å². The molecule has 7 heteroatoms. The van der Waals surface area contributed by atoms with Gasteiger partial charge in [-0.2, -0.15) is 0 Å². The van der Waals surface area contributed by atoms with Gasteiger partial charge in [-0.25, -0.2) is 0 Å². The molecule has 5 rings (SSSR count). The Bertz CT molecular complexity index is 1210. The molecule has 200 valence electrons. The molecule has 1 aliphatic heterocycles. The minimum atomic E-state index is -0.347. The van der Waals surface area contributed by atoms with Crippen LogP contribution in [0.4, 0.5) is 11.4 Å². The topological polar surface area (TPSA) is 91.3 Å². The number of nitrogens with zero attached hydrogens (tertiary/aromatic N) is 2. The summed E-state index contributed by atoms with van der Waals surface area (Å²) >= 11 is 0. The Hall–Kier alpha value is -3.61. The van der Waals surface area contributed by atoms with Crippen LogP contribution in [0.5, 0.6) is 0 Å². The molecule has 2 N–H and O–H groups in total. The summed E-state index contributed by atoms with van der Waals surface area (Å²) in [5.74, 6) is 1.25. The largest absolute Gasteiger partial charge is 0.371 e. The maximum Gasteiger partial charge on any atom is 0.269 e. The number of H-pyrrole nitrogens is 1. The highest BCUT2D eigenvalue weighted by molar-refractivity contribution is 5.76. The fourth-order valence-electron chi connectivity index (χ4n) is 6.28. The Labute approximate surface area is 224 Å². The monoisotopic (exact) mass is 514 g/mol. The summed E-state index contributed by atoms with van der Waals surface area (Å²) in [6.07, 6.45) is 9.33. The van der Waals surface area contributed by atoms with Crippen LogP contribution in [0.1, 0.15) is 57.1 Å². The van der Waals surface area contributed by atoms with Crippen LogP contribution in [0, 0.1) is 22.0 Å². The quantitative estimate of drug-likeness (QED) is 0.252. The molecule has 3 atom stereocenters. The van der Waals surface area contributed by atoms with Crippen LogP contribution >= 0.6 is 0 Å². The highest BCUT2D eigenvalue weighted by Crippen LogP contribution is 2.34. The number of non-ortho nitro benzene ring substituents is 1. The van der Waals surface area contributed by atoms with E-state index in [0.717, 1.165) is 55.0 Å². The molecule has 1 amide bonds. The fraction of sp³-hybridized carbons (Fsp3) is 0.452. The van der Waals surface area contributed by atoms with Crippen LogP contribution in [-0.4, -0.2) is 34.9 Å². The molecule has 2 heterocycles. The molecule has 0 spiro atoms. The van der Waals surface area contributed by atoms with E-state index < -0.39 is 0 Å². The smallest absolute Gasteiger partial charge is 0.269 e. The first-order chi connectivity index (χ1) is 18.5. The van der Waals surface area contributed by atoms with Crippen LogP contribution in [0.3, 0.4) is 0 Å². The predicted molar refractivity (Wildman–Crippen MR) is 151 cm³/mol. The van der Waals surface area contributed by atoms with Gasteiger partial charge in [-0.05, 0) is 80.2 Å². The second-order valence-corrected chi connectivity index (χ2v) is 10.9. The number of nitro benzene ring substituents is 1. The first-order valence-corrected chi connectivity index (χ1v) is 14.1. The van der Waals surface area contributed by atoms with Crippen LogP contribution < -0.4 is 10.2 Å². The van der Waals surface area contributed by atoms with Crippen molar-refractivity contribution in [3.8, 4) is 11.3 Å². The van der Waals surface area contributed by atoms with Crippen molar-refractivity contribution in [2.75, 3.05) is 18.0 Å². The third kappa shape index (κ3) is 6.63. The highest BCUT2D eigenvalue weighted by atomic mass is 16.6. The Balaban J connectivity index is 1.12. The molecule has 0 unspecified atom stereocenters. The number of amides is 1. The number of anilines is 1. The maximum absolute atomic E-state index is 12.9. The second kappa shape index (κ2) is 12.3. The normalized spacial score (nSPS) is 21.7. The van der Waals surface area contributed by atoms with E-state index in [1.807, 2.05) is 30.3 Å². The summed E-state index contributed by atoms with van der Waals surface area (Å²) in [6, 6.07) is 21.6. The number of hydrogen-bond acceptors (Lipinski definition) is 4. The van der Waals surface area contributed by atoms with E-state index in [2.05, 4.69) is 39.5 Å². The fourth-order valence-corrected chi connectivity index (χ4v) is 6.28. The predicted octanol–water partition coefficient (Wildman–Crippen LogP) is 6.50. The molecule has 1 saturated carbocycles. The number of aryl methyl sites for hydroxylation is 1. The molecule has 0 radical (unpaired) electrons. The molecular formula is C31H38N4O3. The van der Waals surface area contributed by atoms with Crippen molar-refractivity contribution < 1.29 is 9.72 Å².